The SMILES string of the molecule is CN1CCC[C@@H]1CNC(=O)c1ccccc1F. The molecule has 2 rings (SSSR count). The summed E-state index contributed by atoms with van der Waals surface area (Å²) in [6.07, 6.45) is 2.25. The van der Waals surface area contributed by atoms with Crippen molar-refractivity contribution in [3.8, 4) is 0 Å². The van der Waals surface area contributed by atoms with Crippen molar-refractivity contribution in [1.29, 1.82) is 0 Å². The topological polar surface area (TPSA) is 32.3 Å². The molecular formula is C13H17FN2O. The van der Waals surface area contributed by atoms with Crippen molar-refractivity contribution in [2.45, 2.75) is 18.9 Å². The lowest BCUT2D eigenvalue weighted by molar-refractivity contribution is 0.0939. The molecule has 1 aliphatic rings. The molecule has 1 N–H and O–H groups in total. The van der Waals surface area contributed by atoms with E-state index >= 15 is 0 Å². The van der Waals surface area contributed by atoms with E-state index < -0.39 is 5.82 Å². The first-order chi connectivity index (χ1) is 8.18. The minimum atomic E-state index is -0.468. The summed E-state index contributed by atoms with van der Waals surface area (Å²) in [6, 6.07) is 6.43. The van der Waals surface area contributed by atoms with Crippen LogP contribution in [0.15, 0.2) is 24.3 Å². The summed E-state index contributed by atoms with van der Waals surface area (Å²) in [5.74, 6) is -0.798. The molecule has 17 heavy (non-hydrogen) atoms. The minimum Gasteiger partial charge on any atom is -0.350 e. The zero-order valence-electron chi connectivity index (χ0n) is 9.95. The third-order valence-electron chi connectivity index (χ3n) is 3.29. The largest absolute Gasteiger partial charge is 0.350 e. The van der Waals surface area contributed by atoms with E-state index in [1.165, 1.54) is 12.1 Å². The standard InChI is InChI=1S/C13H17FN2O/c1-16-8-4-5-10(16)9-15-13(17)11-6-2-3-7-12(11)14/h2-3,6-7,10H,4-5,8-9H2,1H3,(H,15,17)/t10-/m1/s1. The molecule has 1 aromatic carbocycles. The van der Waals surface area contributed by atoms with E-state index in [-0.39, 0.29) is 11.5 Å². The number of amides is 1. The molecule has 0 aliphatic carbocycles. The summed E-state index contributed by atoms with van der Waals surface area (Å²) in [7, 11) is 2.05. The van der Waals surface area contributed by atoms with Gasteiger partial charge >= 0.3 is 0 Å². The van der Waals surface area contributed by atoms with E-state index in [1.807, 2.05) is 7.05 Å². The van der Waals surface area contributed by atoms with E-state index in [4.69, 9.17) is 0 Å². The predicted octanol–water partition coefficient (Wildman–Crippen LogP) is 1.65. The number of likely N-dealkylation sites (tertiary alicyclic amines) is 1. The quantitative estimate of drug-likeness (QED) is 0.865. The van der Waals surface area contributed by atoms with Gasteiger partial charge in [-0.1, -0.05) is 12.1 Å². The number of carbonyl (C=O) groups is 1. The molecule has 1 saturated heterocycles. The van der Waals surface area contributed by atoms with E-state index in [0.29, 0.717) is 12.6 Å². The zero-order chi connectivity index (χ0) is 12.3. The highest BCUT2D eigenvalue weighted by atomic mass is 19.1. The second-order valence-electron chi connectivity index (χ2n) is 4.47. The highest BCUT2D eigenvalue weighted by Gasteiger charge is 2.21. The lowest BCUT2D eigenvalue weighted by Gasteiger charge is -2.19. The van der Waals surface area contributed by atoms with Crippen molar-refractivity contribution >= 4 is 5.91 Å². The molecule has 92 valence electrons. The van der Waals surface area contributed by atoms with Crippen LogP contribution in [0.5, 0.6) is 0 Å². The van der Waals surface area contributed by atoms with Crippen LogP contribution in [0.25, 0.3) is 0 Å². The number of rotatable bonds is 3. The Morgan fingerprint density at radius 2 is 2.29 bits per heavy atom. The van der Waals surface area contributed by atoms with Gasteiger partial charge in [-0.05, 0) is 38.6 Å². The Balaban J connectivity index is 1.91. The van der Waals surface area contributed by atoms with Crippen molar-refractivity contribution < 1.29 is 9.18 Å². The summed E-state index contributed by atoms with van der Waals surface area (Å²) < 4.78 is 13.3. The Morgan fingerprint density at radius 1 is 1.53 bits per heavy atom. The lowest BCUT2D eigenvalue weighted by Crippen LogP contribution is -2.38. The predicted molar refractivity (Wildman–Crippen MR) is 64.4 cm³/mol. The maximum absolute atomic E-state index is 13.3. The smallest absolute Gasteiger partial charge is 0.254 e. The molecule has 1 aliphatic heterocycles. The van der Waals surface area contributed by atoms with Crippen molar-refractivity contribution in [2.24, 2.45) is 0 Å². The normalized spacial score (nSPS) is 20.5. The fourth-order valence-electron chi connectivity index (χ4n) is 2.19. The van der Waals surface area contributed by atoms with Crippen molar-refractivity contribution in [1.82, 2.24) is 10.2 Å². The molecule has 1 heterocycles. The Labute approximate surface area is 101 Å². The van der Waals surface area contributed by atoms with Crippen LogP contribution in [-0.2, 0) is 0 Å². The van der Waals surface area contributed by atoms with Gasteiger partial charge in [0.05, 0.1) is 5.56 Å². The van der Waals surface area contributed by atoms with Crippen LogP contribution >= 0.6 is 0 Å². The molecule has 1 atom stereocenters. The van der Waals surface area contributed by atoms with Crippen LogP contribution in [0.1, 0.15) is 23.2 Å². The van der Waals surface area contributed by atoms with Crippen LogP contribution in [0.2, 0.25) is 0 Å². The van der Waals surface area contributed by atoms with E-state index in [1.54, 1.807) is 12.1 Å². The molecule has 0 aromatic heterocycles. The maximum Gasteiger partial charge on any atom is 0.254 e. The Hall–Kier alpha value is -1.42. The van der Waals surface area contributed by atoms with Gasteiger partial charge < -0.3 is 10.2 Å². The number of likely N-dealkylation sites (N-methyl/N-ethyl adjacent to an activating group) is 1. The third kappa shape index (κ3) is 2.82. The zero-order valence-corrected chi connectivity index (χ0v) is 9.95. The van der Waals surface area contributed by atoms with Gasteiger partial charge in [0.15, 0.2) is 0 Å². The molecule has 0 spiro atoms. The molecular weight excluding hydrogens is 219 g/mol. The lowest BCUT2D eigenvalue weighted by atomic mass is 10.2. The van der Waals surface area contributed by atoms with Crippen molar-refractivity contribution in [3.63, 3.8) is 0 Å². The average molecular weight is 236 g/mol. The third-order valence-corrected chi connectivity index (χ3v) is 3.29. The Bertz CT molecular complexity index is 408. The van der Waals surface area contributed by atoms with E-state index in [2.05, 4.69) is 10.2 Å². The monoisotopic (exact) mass is 236 g/mol. The maximum atomic E-state index is 13.3. The van der Waals surface area contributed by atoms with E-state index in [0.717, 1.165) is 19.4 Å². The first-order valence-corrected chi connectivity index (χ1v) is 5.91. The highest BCUT2D eigenvalue weighted by molar-refractivity contribution is 5.94. The molecule has 0 saturated carbocycles. The van der Waals surface area contributed by atoms with Crippen LogP contribution in [-0.4, -0.2) is 37.0 Å². The number of nitrogens with one attached hydrogen (secondary N) is 1. The second kappa shape index (κ2) is 5.27. The average Bonchev–Trinajstić information content (AvgIpc) is 2.72. The van der Waals surface area contributed by atoms with Crippen molar-refractivity contribution in [3.05, 3.63) is 35.6 Å². The molecule has 4 heteroatoms. The summed E-state index contributed by atoms with van der Waals surface area (Å²) in [6.45, 7) is 1.66. The molecule has 1 fully saturated rings. The summed E-state index contributed by atoms with van der Waals surface area (Å²) in [5, 5.41) is 2.79. The van der Waals surface area contributed by atoms with Gasteiger partial charge in [-0.25, -0.2) is 4.39 Å². The number of carbonyl (C=O) groups excluding carboxylic acids is 1. The van der Waals surface area contributed by atoms with Gasteiger partial charge in [0, 0.05) is 12.6 Å². The molecule has 0 unspecified atom stereocenters. The number of nitrogens with zero attached hydrogens (tertiary/aromatic N) is 1. The fraction of sp³-hybridized carbons (Fsp3) is 0.462. The van der Waals surface area contributed by atoms with Gasteiger partial charge in [0.2, 0.25) is 0 Å². The number of hydrogen-bond acceptors (Lipinski definition) is 2. The van der Waals surface area contributed by atoms with Gasteiger partial charge in [-0.15, -0.1) is 0 Å². The van der Waals surface area contributed by atoms with Crippen LogP contribution in [0.4, 0.5) is 4.39 Å². The van der Waals surface area contributed by atoms with Gasteiger partial charge in [0.1, 0.15) is 5.82 Å². The summed E-state index contributed by atoms with van der Waals surface area (Å²) in [4.78, 5) is 14.0. The Kier molecular flexibility index (Phi) is 3.74. The molecule has 0 bridgehead atoms. The van der Waals surface area contributed by atoms with Crippen LogP contribution < -0.4 is 5.32 Å². The molecule has 0 radical (unpaired) electrons. The molecule has 1 amide bonds. The van der Waals surface area contributed by atoms with Crippen molar-refractivity contribution in [2.75, 3.05) is 20.1 Å². The van der Waals surface area contributed by atoms with Gasteiger partial charge in [-0.3, -0.25) is 4.79 Å². The number of benzene rings is 1. The highest BCUT2D eigenvalue weighted by Crippen LogP contribution is 2.14. The summed E-state index contributed by atoms with van der Waals surface area (Å²) in [5.41, 5.74) is 0.119. The van der Waals surface area contributed by atoms with Crippen LogP contribution in [0, 0.1) is 5.82 Å². The van der Waals surface area contributed by atoms with Gasteiger partial charge in [0.25, 0.3) is 5.91 Å². The van der Waals surface area contributed by atoms with Crippen LogP contribution in [0.3, 0.4) is 0 Å². The number of hydrogen-bond donors (Lipinski definition) is 1. The minimum absolute atomic E-state index is 0.119. The first kappa shape index (κ1) is 12.0. The molecule has 1 aromatic rings. The number of halogens is 1. The fourth-order valence-corrected chi connectivity index (χ4v) is 2.19. The second-order valence-corrected chi connectivity index (χ2v) is 4.47. The van der Waals surface area contributed by atoms with Gasteiger partial charge in [-0.2, -0.15) is 0 Å². The molecule has 3 nitrogen and oxygen atoms in total. The first-order valence-electron chi connectivity index (χ1n) is 5.91. The van der Waals surface area contributed by atoms with E-state index in [9.17, 15) is 9.18 Å². The Morgan fingerprint density at radius 3 is 2.94 bits per heavy atom. The summed E-state index contributed by atoms with van der Waals surface area (Å²) >= 11 is 0.